The van der Waals surface area contributed by atoms with Crippen LogP contribution in [-0.4, -0.2) is 61.3 Å². The molecule has 1 aromatic rings. The normalized spacial score (nSPS) is 12.2. The summed E-state index contributed by atoms with van der Waals surface area (Å²) in [7, 11) is 0. The molecule has 0 aromatic heterocycles. The lowest BCUT2D eigenvalue weighted by Crippen LogP contribution is -2.42. The van der Waals surface area contributed by atoms with Crippen molar-refractivity contribution in [1.82, 2.24) is 5.32 Å². The van der Waals surface area contributed by atoms with Crippen LogP contribution >= 0.6 is 0 Å². The highest BCUT2D eigenvalue weighted by molar-refractivity contribution is 5.74. The number of carboxylic acid groups (broad SMARTS) is 1. The SMILES string of the molecule is CCCCC(=O)OC(C)CN[C@@H](Cc1ccc(OC(=O)OCCC)c(OC(=O)OCCC)c1)C(=O)O. The number of unbranched alkanes of at least 4 members (excludes halogenated alkanes) is 1. The summed E-state index contributed by atoms with van der Waals surface area (Å²) in [6.07, 6.45) is 0.614. The van der Waals surface area contributed by atoms with Gasteiger partial charge in [0.2, 0.25) is 0 Å². The summed E-state index contributed by atoms with van der Waals surface area (Å²) in [5.74, 6) is -1.65. The van der Waals surface area contributed by atoms with Gasteiger partial charge < -0.3 is 34.1 Å². The van der Waals surface area contributed by atoms with Crippen molar-refractivity contribution in [2.24, 2.45) is 0 Å². The maximum Gasteiger partial charge on any atom is 0.513 e. The number of benzene rings is 1. The number of rotatable bonds is 16. The summed E-state index contributed by atoms with van der Waals surface area (Å²) in [5, 5.41) is 12.5. The van der Waals surface area contributed by atoms with E-state index in [0.29, 0.717) is 24.8 Å². The van der Waals surface area contributed by atoms with Crippen molar-refractivity contribution in [3.8, 4) is 11.5 Å². The molecule has 1 rings (SSSR count). The summed E-state index contributed by atoms with van der Waals surface area (Å²) >= 11 is 0. The minimum absolute atomic E-state index is 0.00671. The molecule has 0 heterocycles. The lowest BCUT2D eigenvalue weighted by atomic mass is 10.0. The van der Waals surface area contributed by atoms with E-state index >= 15 is 0 Å². The second-order valence-electron chi connectivity index (χ2n) is 8.09. The van der Waals surface area contributed by atoms with Gasteiger partial charge in [-0.1, -0.05) is 33.3 Å². The molecule has 0 saturated carbocycles. The molecule has 0 saturated heterocycles. The molecule has 0 aliphatic heterocycles. The highest BCUT2D eigenvalue weighted by atomic mass is 16.7. The molecule has 0 amide bonds. The molecule has 11 heteroatoms. The Morgan fingerprint density at radius 2 is 1.53 bits per heavy atom. The van der Waals surface area contributed by atoms with E-state index in [1.807, 2.05) is 20.8 Å². The molecule has 1 unspecified atom stereocenters. The van der Waals surface area contributed by atoms with Crippen molar-refractivity contribution in [3.05, 3.63) is 23.8 Å². The maximum atomic E-state index is 12.0. The van der Waals surface area contributed by atoms with Gasteiger partial charge in [0.1, 0.15) is 12.1 Å². The molecular formula is C25H37NO10. The number of esters is 1. The molecule has 2 N–H and O–H groups in total. The molecule has 0 fully saturated rings. The Kier molecular flexibility index (Phi) is 14.6. The summed E-state index contributed by atoms with van der Waals surface area (Å²) in [6, 6.07) is 3.28. The predicted molar refractivity (Wildman–Crippen MR) is 129 cm³/mol. The van der Waals surface area contributed by atoms with E-state index in [1.165, 1.54) is 12.1 Å². The van der Waals surface area contributed by atoms with Gasteiger partial charge in [-0.15, -0.1) is 0 Å². The summed E-state index contributed by atoms with van der Waals surface area (Å²) < 4.78 is 25.4. The van der Waals surface area contributed by atoms with E-state index in [-0.39, 0.29) is 43.6 Å². The quantitative estimate of drug-likeness (QED) is 0.186. The molecule has 0 bridgehead atoms. The average molecular weight is 512 g/mol. The van der Waals surface area contributed by atoms with Crippen molar-refractivity contribution in [1.29, 1.82) is 0 Å². The topological polar surface area (TPSA) is 147 Å². The molecule has 0 aliphatic carbocycles. The number of nitrogens with one attached hydrogen (secondary N) is 1. The molecule has 2 atom stereocenters. The highest BCUT2D eigenvalue weighted by Crippen LogP contribution is 2.30. The third-order valence-electron chi connectivity index (χ3n) is 4.70. The molecule has 11 nitrogen and oxygen atoms in total. The van der Waals surface area contributed by atoms with Gasteiger partial charge in [0.15, 0.2) is 11.5 Å². The van der Waals surface area contributed by atoms with Crippen molar-refractivity contribution < 1.29 is 48.0 Å². The minimum Gasteiger partial charge on any atom is -0.480 e. The Morgan fingerprint density at radius 1 is 0.917 bits per heavy atom. The average Bonchev–Trinajstić information content (AvgIpc) is 2.83. The third kappa shape index (κ3) is 12.4. The number of hydrogen-bond donors (Lipinski definition) is 2. The molecule has 0 spiro atoms. The monoisotopic (exact) mass is 511 g/mol. The largest absolute Gasteiger partial charge is 0.513 e. The van der Waals surface area contributed by atoms with Gasteiger partial charge in [0, 0.05) is 13.0 Å². The Balaban J connectivity index is 2.92. The van der Waals surface area contributed by atoms with Gasteiger partial charge >= 0.3 is 24.2 Å². The lowest BCUT2D eigenvalue weighted by molar-refractivity contribution is -0.148. The Labute approximate surface area is 211 Å². The van der Waals surface area contributed by atoms with Crippen LogP contribution in [0.1, 0.15) is 65.4 Å². The fourth-order valence-electron chi connectivity index (χ4n) is 2.89. The van der Waals surface area contributed by atoms with E-state index in [4.69, 9.17) is 23.7 Å². The Morgan fingerprint density at radius 3 is 2.08 bits per heavy atom. The van der Waals surface area contributed by atoms with Crippen LogP contribution in [0.4, 0.5) is 9.59 Å². The number of carbonyl (C=O) groups is 4. The van der Waals surface area contributed by atoms with Crippen LogP contribution in [0.25, 0.3) is 0 Å². The zero-order valence-corrected chi connectivity index (χ0v) is 21.4. The molecule has 0 aliphatic rings. The first-order valence-corrected chi connectivity index (χ1v) is 12.2. The number of hydrogen-bond acceptors (Lipinski definition) is 10. The fraction of sp³-hybridized carbons (Fsp3) is 0.600. The van der Waals surface area contributed by atoms with Crippen molar-refractivity contribution in [3.63, 3.8) is 0 Å². The fourth-order valence-corrected chi connectivity index (χ4v) is 2.89. The second kappa shape index (κ2) is 17.1. The van der Waals surface area contributed by atoms with Gasteiger partial charge in [-0.3, -0.25) is 9.59 Å². The smallest absolute Gasteiger partial charge is 0.480 e. The molecule has 0 radical (unpaired) electrons. The van der Waals surface area contributed by atoms with Crippen LogP contribution in [-0.2, 0) is 30.2 Å². The molecule has 36 heavy (non-hydrogen) atoms. The van der Waals surface area contributed by atoms with Gasteiger partial charge in [-0.05, 0) is 50.3 Å². The molecule has 202 valence electrons. The summed E-state index contributed by atoms with van der Waals surface area (Å²) in [4.78, 5) is 47.5. The maximum absolute atomic E-state index is 12.0. The van der Waals surface area contributed by atoms with Crippen LogP contribution in [0, 0.1) is 0 Å². The first-order chi connectivity index (χ1) is 17.2. The summed E-state index contributed by atoms with van der Waals surface area (Å²) in [5.41, 5.74) is 0.482. The van der Waals surface area contributed by atoms with Crippen LogP contribution in [0.5, 0.6) is 11.5 Å². The van der Waals surface area contributed by atoms with Crippen molar-refractivity contribution in [2.75, 3.05) is 19.8 Å². The molecular weight excluding hydrogens is 474 g/mol. The van der Waals surface area contributed by atoms with Crippen LogP contribution in [0.15, 0.2) is 18.2 Å². The Bertz CT molecular complexity index is 857. The van der Waals surface area contributed by atoms with Crippen LogP contribution in [0.3, 0.4) is 0 Å². The number of ether oxygens (including phenoxy) is 5. The molecule has 1 aromatic carbocycles. The zero-order valence-electron chi connectivity index (χ0n) is 21.4. The van der Waals surface area contributed by atoms with E-state index in [1.54, 1.807) is 13.0 Å². The first kappa shape index (κ1) is 30.7. The minimum atomic E-state index is -1.12. The van der Waals surface area contributed by atoms with E-state index < -0.39 is 30.4 Å². The predicted octanol–water partition coefficient (Wildman–Crippen LogP) is 4.24. The van der Waals surface area contributed by atoms with Gasteiger partial charge in [-0.2, -0.15) is 0 Å². The van der Waals surface area contributed by atoms with Gasteiger partial charge in [-0.25, -0.2) is 9.59 Å². The summed E-state index contributed by atoms with van der Waals surface area (Å²) in [6.45, 7) is 7.71. The van der Waals surface area contributed by atoms with E-state index in [0.717, 1.165) is 12.8 Å². The van der Waals surface area contributed by atoms with E-state index in [2.05, 4.69) is 5.32 Å². The number of carbonyl (C=O) groups excluding carboxylic acids is 3. The number of carboxylic acids is 1. The van der Waals surface area contributed by atoms with Gasteiger partial charge in [0.25, 0.3) is 0 Å². The van der Waals surface area contributed by atoms with Gasteiger partial charge in [0.05, 0.1) is 13.2 Å². The standard InChI is InChI=1S/C25H37NO10/c1-5-8-9-22(27)34-17(4)16-26-19(23(28)29)14-18-10-11-20(35-24(30)32-12-6-2)21(15-18)36-25(31)33-13-7-3/h10-11,15,17,19,26H,5-9,12-14,16H2,1-4H3,(H,28,29)/t17?,19-/m0/s1. The zero-order chi connectivity index (χ0) is 26.9. The number of aliphatic carboxylic acids is 1. The first-order valence-electron chi connectivity index (χ1n) is 12.2. The third-order valence-corrected chi connectivity index (χ3v) is 4.70. The highest BCUT2D eigenvalue weighted by Gasteiger charge is 2.22. The lowest BCUT2D eigenvalue weighted by Gasteiger charge is -2.19. The van der Waals surface area contributed by atoms with Crippen molar-refractivity contribution in [2.45, 2.75) is 78.4 Å². The second-order valence-corrected chi connectivity index (χ2v) is 8.09. The van der Waals surface area contributed by atoms with Crippen LogP contribution < -0.4 is 14.8 Å². The Hall–Kier alpha value is -3.34. The van der Waals surface area contributed by atoms with Crippen molar-refractivity contribution >= 4 is 24.2 Å². The van der Waals surface area contributed by atoms with E-state index in [9.17, 15) is 24.3 Å². The van der Waals surface area contributed by atoms with Crippen LogP contribution in [0.2, 0.25) is 0 Å².